The maximum atomic E-state index is 11.0. The molecule has 0 bridgehead atoms. The summed E-state index contributed by atoms with van der Waals surface area (Å²) < 4.78 is 0. The third-order valence-electron chi connectivity index (χ3n) is 1.61. The number of hydrogen-bond acceptors (Lipinski definition) is 4. The second-order valence-electron chi connectivity index (χ2n) is 2.66. The summed E-state index contributed by atoms with van der Waals surface area (Å²) >= 11 is 0. The Balaban J connectivity index is 2.90. The highest BCUT2D eigenvalue weighted by molar-refractivity contribution is 5.94. The molecule has 1 rings (SSSR count). The first-order valence-electron chi connectivity index (χ1n) is 4.05. The average Bonchev–Trinajstić information content (AvgIpc) is 2.18. The van der Waals surface area contributed by atoms with E-state index in [1.807, 2.05) is 0 Å². The molecular weight excluding hydrogens is 198 g/mol. The minimum absolute atomic E-state index is 0.0998. The van der Waals surface area contributed by atoms with Crippen LogP contribution in [0.3, 0.4) is 0 Å². The second kappa shape index (κ2) is 4.72. The molecule has 15 heavy (non-hydrogen) atoms. The summed E-state index contributed by atoms with van der Waals surface area (Å²) in [5.74, 6) is -0.563. The number of nitriles is 1. The van der Waals surface area contributed by atoms with Gasteiger partial charge in [0.2, 0.25) is 5.91 Å². The van der Waals surface area contributed by atoms with Crippen molar-refractivity contribution in [2.75, 3.05) is 5.32 Å². The van der Waals surface area contributed by atoms with Crippen LogP contribution < -0.4 is 5.32 Å². The maximum absolute atomic E-state index is 11.0. The minimum Gasteiger partial charge on any atom is -0.319 e. The lowest BCUT2D eigenvalue weighted by molar-refractivity contribution is -0.383. The summed E-state index contributed by atoms with van der Waals surface area (Å²) in [6.07, 6.45) is -0.327. The number of nitrogens with zero attached hydrogens (tertiary/aromatic N) is 2. The summed E-state index contributed by atoms with van der Waals surface area (Å²) in [6.45, 7) is 0. The van der Waals surface area contributed by atoms with Gasteiger partial charge >= 0.3 is 0 Å². The number of carbonyl (C=O) groups excluding carboxylic acids is 1. The van der Waals surface area contributed by atoms with Gasteiger partial charge in [0.15, 0.2) is 0 Å². The number of anilines is 1. The van der Waals surface area contributed by atoms with Gasteiger partial charge in [-0.1, -0.05) is 12.1 Å². The van der Waals surface area contributed by atoms with Crippen LogP contribution in [-0.4, -0.2) is 10.8 Å². The number of amides is 1. The van der Waals surface area contributed by atoms with Crippen LogP contribution in [0.4, 0.5) is 11.4 Å². The first-order valence-corrected chi connectivity index (χ1v) is 4.05. The molecule has 0 fully saturated rings. The number of hydrogen-bond donors (Lipinski definition) is 1. The largest absolute Gasteiger partial charge is 0.319 e. The zero-order valence-electron chi connectivity index (χ0n) is 7.64. The quantitative estimate of drug-likeness (QED) is 0.596. The Bertz CT molecular complexity index is 436. The summed E-state index contributed by atoms with van der Waals surface area (Å²) in [7, 11) is 0. The Morgan fingerprint density at radius 3 is 2.80 bits per heavy atom. The number of para-hydroxylation sites is 2. The van der Waals surface area contributed by atoms with Crippen molar-refractivity contribution in [2.24, 2.45) is 0 Å². The highest BCUT2D eigenvalue weighted by Gasteiger charge is 2.13. The van der Waals surface area contributed by atoms with Crippen LogP contribution in [0, 0.1) is 21.4 Å². The molecule has 1 aromatic rings. The SMILES string of the molecule is N#CCC(=O)Nc1ccccc1[N+](=O)[O-]. The van der Waals surface area contributed by atoms with Crippen molar-refractivity contribution < 1.29 is 9.72 Å². The summed E-state index contributed by atoms with van der Waals surface area (Å²) in [6, 6.07) is 7.41. The third kappa shape index (κ3) is 2.77. The Kier molecular flexibility index (Phi) is 3.35. The highest BCUT2D eigenvalue weighted by atomic mass is 16.6. The van der Waals surface area contributed by atoms with Crippen molar-refractivity contribution in [3.8, 4) is 6.07 Å². The number of carbonyl (C=O) groups is 1. The van der Waals surface area contributed by atoms with E-state index in [1.165, 1.54) is 18.2 Å². The first kappa shape index (κ1) is 10.7. The molecule has 1 amide bonds. The highest BCUT2D eigenvalue weighted by Crippen LogP contribution is 2.22. The lowest BCUT2D eigenvalue weighted by atomic mass is 10.2. The van der Waals surface area contributed by atoms with Gasteiger partial charge in [-0.25, -0.2) is 0 Å². The third-order valence-corrected chi connectivity index (χ3v) is 1.61. The van der Waals surface area contributed by atoms with Crippen molar-refractivity contribution in [3.63, 3.8) is 0 Å². The molecule has 0 aliphatic heterocycles. The summed E-state index contributed by atoms with van der Waals surface area (Å²) in [4.78, 5) is 21.0. The van der Waals surface area contributed by atoms with E-state index in [0.717, 1.165) is 0 Å². The monoisotopic (exact) mass is 205 g/mol. The van der Waals surface area contributed by atoms with Crippen LogP contribution in [0.5, 0.6) is 0 Å². The standard InChI is InChI=1S/C9H7N3O3/c10-6-5-9(13)11-7-3-1-2-4-8(7)12(14)15/h1-4H,5H2,(H,11,13). The average molecular weight is 205 g/mol. The van der Waals surface area contributed by atoms with Crippen LogP contribution >= 0.6 is 0 Å². The molecule has 0 saturated heterocycles. The molecule has 1 N–H and O–H groups in total. The van der Waals surface area contributed by atoms with Crippen molar-refractivity contribution in [2.45, 2.75) is 6.42 Å². The minimum atomic E-state index is -0.595. The zero-order valence-corrected chi connectivity index (χ0v) is 7.64. The van der Waals surface area contributed by atoms with E-state index >= 15 is 0 Å². The lowest BCUT2D eigenvalue weighted by Crippen LogP contribution is -2.11. The van der Waals surface area contributed by atoms with E-state index in [2.05, 4.69) is 5.32 Å². The van der Waals surface area contributed by atoms with E-state index in [-0.39, 0.29) is 17.8 Å². The lowest BCUT2D eigenvalue weighted by Gasteiger charge is -2.02. The van der Waals surface area contributed by atoms with Gasteiger partial charge < -0.3 is 5.32 Å². The molecule has 0 saturated carbocycles. The van der Waals surface area contributed by atoms with Crippen LogP contribution in [0.1, 0.15) is 6.42 Å². The smallest absolute Gasteiger partial charge is 0.292 e. The van der Waals surface area contributed by atoms with E-state index in [0.29, 0.717) is 0 Å². The molecular formula is C9H7N3O3. The van der Waals surface area contributed by atoms with Crippen molar-refractivity contribution in [1.29, 1.82) is 5.26 Å². The number of rotatable bonds is 3. The molecule has 76 valence electrons. The van der Waals surface area contributed by atoms with Crippen molar-refractivity contribution >= 4 is 17.3 Å². The molecule has 6 heteroatoms. The maximum Gasteiger partial charge on any atom is 0.292 e. The van der Waals surface area contributed by atoms with Crippen LogP contribution in [-0.2, 0) is 4.79 Å². The Labute approximate surface area is 85.3 Å². The Hall–Kier alpha value is -2.42. The molecule has 0 aliphatic carbocycles. The zero-order chi connectivity index (χ0) is 11.3. The first-order chi connectivity index (χ1) is 7.15. The normalized spacial score (nSPS) is 9.00. The van der Waals surface area contributed by atoms with Crippen LogP contribution in [0.25, 0.3) is 0 Å². The molecule has 0 aromatic heterocycles. The van der Waals surface area contributed by atoms with Gasteiger partial charge in [0, 0.05) is 6.07 Å². The molecule has 0 aliphatic rings. The van der Waals surface area contributed by atoms with Gasteiger partial charge in [0.1, 0.15) is 12.1 Å². The fourth-order valence-electron chi connectivity index (χ4n) is 1.00. The molecule has 1 aromatic carbocycles. The molecule has 0 atom stereocenters. The van der Waals surface area contributed by atoms with Gasteiger partial charge in [-0.15, -0.1) is 0 Å². The molecule has 6 nitrogen and oxygen atoms in total. The van der Waals surface area contributed by atoms with E-state index in [4.69, 9.17) is 5.26 Å². The molecule has 0 spiro atoms. The Morgan fingerprint density at radius 1 is 1.53 bits per heavy atom. The second-order valence-corrected chi connectivity index (χ2v) is 2.66. The van der Waals surface area contributed by atoms with Crippen LogP contribution in [0.15, 0.2) is 24.3 Å². The van der Waals surface area contributed by atoms with E-state index in [1.54, 1.807) is 12.1 Å². The number of nitro groups is 1. The van der Waals surface area contributed by atoms with Gasteiger partial charge in [-0.2, -0.15) is 5.26 Å². The molecule has 0 unspecified atom stereocenters. The predicted octanol–water partition coefficient (Wildman–Crippen LogP) is 1.45. The summed E-state index contributed by atoms with van der Waals surface area (Å²) in [5.41, 5.74) is -0.0912. The van der Waals surface area contributed by atoms with Crippen LogP contribution in [0.2, 0.25) is 0 Å². The topological polar surface area (TPSA) is 96.0 Å². The number of nitro benzene ring substituents is 1. The fraction of sp³-hybridized carbons (Fsp3) is 0.111. The fourth-order valence-corrected chi connectivity index (χ4v) is 1.00. The summed E-state index contributed by atoms with van der Waals surface area (Å²) in [5, 5.41) is 21.1. The van der Waals surface area contributed by atoms with Crippen molar-refractivity contribution in [1.82, 2.24) is 0 Å². The van der Waals surface area contributed by atoms with Gasteiger partial charge in [0.25, 0.3) is 5.69 Å². The van der Waals surface area contributed by atoms with Gasteiger partial charge in [-0.3, -0.25) is 14.9 Å². The number of nitrogens with one attached hydrogen (secondary N) is 1. The molecule has 0 heterocycles. The Morgan fingerprint density at radius 2 is 2.20 bits per heavy atom. The predicted molar refractivity (Wildman–Crippen MR) is 52.0 cm³/mol. The van der Waals surface area contributed by atoms with Crippen molar-refractivity contribution in [3.05, 3.63) is 34.4 Å². The molecule has 0 radical (unpaired) electrons. The van der Waals surface area contributed by atoms with E-state index in [9.17, 15) is 14.9 Å². The number of benzene rings is 1. The van der Waals surface area contributed by atoms with Gasteiger partial charge in [-0.05, 0) is 6.07 Å². The van der Waals surface area contributed by atoms with E-state index < -0.39 is 10.8 Å². The van der Waals surface area contributed by atoms with Gasteiger partial charge in [0.05, 0.1) is 11.0 Å².